The van der Waals surface area contributed by atoms with Crippen molar-refractivity contribution in [2.45, 2.75) is 6.43 Å². The molecule has 17 heavy (non-hydrogen) atoms. The second kappa shape index (κ2) is 4.48. The Bertz CT molecular complexity index is 538. The first-order chi connectivity index (χ1) is 7.88. The molecule has 0 fully saturated rings. The molecule has 0 unspecified atom stereocenters. The number of carboxylic acids is 1. The Kier molecular flexibility index (Phi) is 3.28. The van der Waals surface area contributed by atoms with E-state index < -0.39 is 40.0 Å². The van der Waals surface area contributed by atoms with Gasteiger partial charge in [0.1, 0.15) is 6.07 Å². The number of alkyl halides is 2. The van der Waals surface area contributed by atoms with E-state index in [1.165, 1.54) is 6.07 Å². The third-order valence-corrected chi connectivity index (χ3v) is 1.79. The summed E-state index contributed by atoms with van der Waals surface area (Å²) >= 11 is 0. The van der Waals surface area contributed by atoms with Gasteiger partial charge >= 0.3 is 11.8 Å². The number of nitriles is 1. The summed E-state index contributed by atoms with van der Waals surface area (Å²) in [5.74, 6) is -2.76. The smallest absolute Gasteiger partial charge is 0.365 e. The Morgan fingerprint density at radius 2 is 2.24 bits per heavy atom. The Morgan fingerprint density at radius 1 is 1.65 bits per heavy atom. The molecule has 0 bridgehead atoms. The van der Waals surface area contributed by atoms with Crippen LogP contribution >= 0.6 is 0 Å². The van der Waals surface area contributed by atoms with Crippen molar-refractivity contribution in [3.8, 4) is 6.07 Å². The van der Waals surface area contributed by atoms with Gasteiger partial charge in [-0.25, -0.2) is 13.6 Å². The van der Waals surface area contributed by atoms with Gasteiger partial charge in [-0.05, 0) is 9.91 Å². The fourth-order valence-electron chi connectivity index (χ4n) is 1.12. The minimum atomic E-state index is -3.26. The number of nitro groups is 1. The van der Waals surface area contributed by atoms with Crippen LogP contribution in [-0.4, -0.2) is 21.0 Å². The van der Waals surface area contributed by atoms with Crippen molar-refractivity contribution >= 4 is 11.8 Å². The molecule has 0 saturated heterocycles. The lowest BCUT2D eigenvalue weighted by Crippen LogP contribution is -2.09. The number of rotatable bonds is 3. The van der Waals surface area contributed by atoms with Gasteiger partial charge in [0.05, 0.1) is 17.2 Å². The molecular formula is C8H3F2N3O4. The first-order valence-electron chi connectivity index (χ1n) is 3.99. The number of carbonyl (C=O) groups is 1. The zero-order chi connectivity index (χ0) is 13.2. The molecule has 0 atom stereocenters. The monoisotopic (exact) mass is 243 g/mol. The molecule has 88 valence electrons. The molecule has 1 N–H and O–H groups in total. The van der Waals surface area contributed by atoms with Crippen LogP contribution in [0.1, 0.15) is 28.0 Å². The summed E-state index contributed by atoms with van der Waals surface area (Å²) in [6.45, 7) is 0. The summed E-state index contributed by atoms with van der Waals surface area (Å²) in [5, 5.41) is 27.5. The number of halogens is 2. The number of hydrogen-bond donors (Lipinski definition) is 1. The first kappa shape index (κ1) is 12.4. The topological polar surface area (TPSA) is 117 Å². The number of nitrogens with zero attached hydrogens (tertiary/aromatic N) is 3. The second-order valence-electron chi connectivity index (χ2n) is 2.77. The number of aromatic nitrogens is 1. The van der Waals surface area contributed by atoms with E-state index in [1.54, 1.807) is 0 Å². The van der Waals surface area contributed by atoms with Gasteiger partial charge in [0.2, 0.25) is 0 Å². The maximum atomic E-state index is 12.5. The van der Waals surface area contributed by atoms with Gasteiger partial charge in [0.25, 0.3) is 12.1 Å². The third-order valence-electron chi connectivity index (χ3n) is 1.79. The Balaban J connectivity index is 3.65. The van der Waals surface area contributed by atoms with Crippen LogP contribution in [0, 0.1) is 21.4 Å². The SMILES string of the molecule is N#Cc1nc([N+](=O)[O-])cc(C(=O)O)c1C(F)F. The summed E-state index contributed by atoms with van der Waals surface area (Å²) in [6.07, 6.45) is -3.26. The van der Waals surface area contributed by atoms with E-state index in [4.69, 9.17) is 10.4 Å². The summed E-state index contributed by atoms with van der Waals surface area (Å²) in [6, 6.07) is 1.60. The molecule has 1 heterocycles. The van der Waals surface area contributed by atoms with Crippen LogP contribution in [0.25, 0.3) is 0 Å². The van der Waals surface area contributed by atoms with Crippen molar-refractivity contribution in [2.24, 2.45) is 0 Å². The fourth-order valence-corrected chi connectivity index (χ4v) is 1.12. The van der Waals surface area contributed by atoms with Crippen LogP contribution in [0.15, 0.2) is 6.07 Å². The highest BCUT2D eigenvalue weighted by Gasteiger charge is 2.29. The Hall–Kier alpha value is -2.63. The van der Waals surface area contributed by atoms with Gasteiger partial charge in [0.15, 0.2) is 0 Å². The van der Waals surface area contributed by atoms with Gasteiger partial charge in [-0.2, -0.15) is 5.26 Å². The van der Waals surface area contributed by atoms with E-state index >= 15 is 0 Å². The highest BCUT2D eigenvalue weighted by molar-refractivity contribution is 5.90. The van der Waals surface area contributed by atoms with E-state index in [9.17, 15) is 23.7 Å². The van der Waals surface area contributed by atoms with Gasteiger partial charge in [0, 0.05) is 0 Å². The normalized spacial score (nSPS) is 10.0. The van der Waals surface area contributed by atoms with Crippen LogP contribution in [0.5, 0.6) is 0 Å². The molecule has 0 saturated carbocycles. The average molecular weight is 243 g/mol. The molecule has 0 aromatic carbocycles. The van der Waals surface area contributed by atoms with Crippen LogP contribution in [0.4, 0.5) is 14.6 Å². The molecule has 0 aliphatic rings. The standard InChI is InChI=1S/C8H3F2N3O4/c9-7(10)6-3(8(14)15)1-5(13(16)17)12-4(6)2-11/h1,7H,(H,14,15). The Morgan fingerprint density at radius 3 is 2.59 bits per heavy atom. The predicted molar refractivity (Wildman–Crippen MR) is 47.5 cm³/mol. The highest BCUT2D eigenvalue weighted by atomic mass is 19.3. The van der Waals surface area contributed by atoms with E-state index in [0.29, 0.717) is 6.07 Å². The molecular weight excluding hydrogens is 240 g/mol. The number of aromatic carboxylic acids is 1. The summed E-state index contributed by atoms with van der Waals surface area (Å²) < 4.78 is 25.1. The lowest BCUT2D eigenvalue weighted by Gasteiger charge is -2.04. The quantitative estimate of drug-likeness (QED) is 0.634. The maximum Gasteiger partial charge on any atom is 0.365 e. The molecule has 1 aromatic rings. The zero-order valence-electron chi connectivity index (χ0n) is 7.92. The van der Waals surface area contributed by atoms with E-state index in [1.807, 2.05) is 0 Å². The predicted octanol–water partition coefficient (Wildman–Crippen LogP) is 1.50. The van der Waals surface area contributed by atoms with Crippen molar-refractivity contribution in [2.75, 3.05) is 0 Å². The van der Waals surface area contributed by atoms with Crippen LogP contribution in [0.2, 0.25) is 0 Å². The largest absolute Gasteiger partial charge is 0.478 e. The molecule has 0 aliphatic heterocycles. The minimum Gasteiger partial charge on any atom is -0.478 e. The van der Waals surface area contributed by atoms with Gasteiger partial charge in [-0.15, -0.1) is 0 Å². The third kappa shape index (κ3) is 2.31. The number of pyridine rings is 1. The summed E-state index contributed by atoms with van der Waals surface area (Å²) in [5.41, 5.74) is -3.09. The van der Waals surface area contributed by atoms with Crippen LogP contribution in [0.3, 0.4) is 0 Å². The van der Waals surface area contributed by atoms with Gasteiger partial charge in [-0.3, -0.25) is 0 Å². The summed E-state index contributed by atoms with van der Waals surface area (Å²) in [7, 11) is 0. The van der Waals surface area contributed by atoms with Crippen molar-refractivity contribution in [3.05, 3.63) is 33.0 Å². The second-order valence-corrected chi connectivity index (χ2v) is 2.77. The molecule has 1 rings (SSSR count). The highest BCUT2D eigenvalue weighted by Crippen LogP contribution is 2.28. The molecule has 0 radical (unpaired) electrons. The van der Waals surface area contributed by atoms with Crippen molar-refractivity contribution in [1.82, 2.24) is 4.98 Å². The number of carboxylic acid groups (broad SMARTS) is 1. The lowest BCUT2D eigenvalue weighted by atomic mass is 10.1. The Labute approximate surface area is 92.1 Å². The van der Waals surface area contributed by atoms with Crippen LogP contribution in [-0.2, 0) is 0 Å². The summed E-state index contributed by atoms with van der Waals surface area (Å²) in [4.78, 5) is 23.0. The molecule has 1 aromatic heterocycles. The molecule has 0 aliphatic carbocycles. The first-order valence-corrected chi connectivity index (χ1v) is 3.99. The molecule has 0 spiro atoms. The lowest BCUT2D eigenvalue weighted by molar-refractivity contribution is -0.389. The van der Waals surface area contributed by atoms with Crippen molar-refractivity contribution in [1.29, 1.82) is 5.26 Å². The van der Waals surface area contributed by atoms with Gasteiger partial charge in [-0.1, -0.05) is 0 Å². The molecule has 0 amide bonds. The molecule has 7 nitrogen and oxygen atoms in total. The van der Waals surface area contributed by atoms with E-state index in [0.717, 1.165) is 0 Å². The van der Waals surface area contributed by atoms with E-state index in [2.05, 4.69) is 4.98 Å². The van der Waals surface area contributed by atoms with Gasteiger partial charge < -0.3 is 15.2 Å². The van der Waals surface area contributed by atoms with Crippen molar-refractivity contribution < 1.29 is 23.6 Å². The minimum absolute atomic E-state index is 0.394. The average Bonchev–Trinajstić information content (AvgIpc) is 2.26. The van der Waals surface area contributed by atoms with Crippen LogP contribution < -0.4 is 0 Å². The zero-order valence-corrected chi connectivity index (χ0v) is 7.92. The molecule has 9 heteroatoms. The fraction of sp³-hybridized carbons (Fsp3) is 0.125. The number of hydrogen-bond acceptors (Lipinski definition) is 5. The maximum absolute atomic E-state index is 12.5. The van der Waals surface area contributed by atoms with E-state index in [-0.39, 0.29) is 0 Å². The van der Waals surface area contributed by atoms with Crippen molar-refractivity contribution in [3.63, 3.8) is 0 Å².